The summed E-state index contributed by atoms with van der Waals surface area (Å²) >= 11 is 1.48. The maximum absolute atomic E-state index is 13.3. The van der Waals surface area contributed by atoms with Crippen LogP contribution in [0, 0.1) is 5.82 Å². The minimum Gasteiger partial charge on any atom is -0.488 e. The van der Waals surface area contributed by atoms with E-state index in [9.17, 15) is 14.3 Å². The van der Waals surface area contributed by atoms with Crippen molar-refractivity contribution in [2.24, 2.45) is 0 Å². The van der Waals surface area contributed by atoms with Crippen LogP contribution in [0.4, 0.5) is 4.39 Å². The third-order valence-electron chi connectivity index (χ3n) is 3.71. The van der Waals surface area contributed by atoms with Gasteiger partial charge in [0.05, 0.1) is 12.1 Å². The Labute approximate surface area is 137 Å². The molecule has 0 bridgehead atoms. The summed E-state index contributed by atoms with van der Waals surface area (Å²) in [7, 11) is 0. The normalized spacial score (nSPS) is 15.9. The van der Waals surface area contributed by atoms with E-state index in [-0.39, 0.29) is 24.9 Å². The van der Waals surface area contributed by atoms with Crippen molar-refractivity contribution in [1.82, 2.24) is 5.32 Å². The van der Waals surface area contributed by atoms with E-state index < -0.39 is 5.60 Å². The van der Waals surface area contributed by atoms with Crippen LogP contribution in [0.2, 0.25) is 0 Å². The van der Waals surface area contributed by atoms with Crippen molar-refractivity contribution in [1.29, 1.82) is 0 Å². The molecule has 0 fully saturated rings. The lowest BCUT2D eigenvalue weighted by atomic mass is 9.99. The Hall–Kier alpha value is -2.18. The highest BCUT2D eigenvalue weighted by atomic mass is 32.1. The second-order valence-corrected chi connectivity index (χ2v) is 6.39. The zero-order valence-corrected chi connectivity index (χ0v) is 13.3. The molecule has 1 aromatic carbocycles. The van der Waals surface area contributed by atoms with Crippen molar-refractivity contribution >= 4 is 23.3 Å². The fourth-order valence-corrected chi connectivity index (χ4v) is 3.10. The second-order valence-electron chi connectivity index (χ2n) is 5.61. The van der Waals surface area contributed by atoms with Crippen LogP contribution in [0.5, 0.6) is 5.75 Å². The molecule has 0 radical (unpaired) electrons. The number of carbonyl (C=O) groups excluding carboxylic acids is 1. The highest BCUT2D eigenvalue weighted by molar-refractivity contribution is 7.08. The average molecular weight is 333 g/mol. The van der Waals surface area contributed by atoms with Gasteiger partial charge in [0.1, 0.15) is 23.8 Å². The van der Waals surface area contributed by atoms with Crippen LogP contribution in [0.1, 0.15) is 18.1 Å². The molecule has 0 aliphatic carbocycles. The summed E-state index contributed by atoms with van der Waals surface area (Å²) in [5.41, 5.74) is 0.537. The predicted octanol–water partition coefficient (Wildman–Crippen LogP) is 2.69. The minimum atomic E-state index is -1.14. The van der Waals surface area contributed by atoms with E-state index in [0.29, 0.717) is 16.9 Å². The lowest BCUT2D eigenvalue weighted by Gasteiger charge is -2.24. The number of amides is 1. The van der Waals surface area contributed by atoms with Crippen molar-refractivity contribution in [2.75, 3.05) is 13.2 Å². The Morgan fingerprint density at radius 3 is 3.04 bits per heavy atom. The van der Waals surface area contributed by atoms with Gasteiger partial charge in [-0.15, -0.1) is 0 Å². The molecule has 120 valence electrons. The third kappa shape index (κ3) is 3.43. The summed E-state index contributed by atoms with van der Waals surface area (Å²) in [4.78, 5) is 12.2. The summed E-state index contributed by atoms with van der Waals surface area (Å²) in [5, 5.41) is 16.8. The van der Waals surface area contributed by atoms with Crippen LogP contribution in [0.15, 0.2) is 40.6 Å². The van der Waals surface area contributed by atoms with Gasteiger partial charge in [-0.1, -0.05) is 0 Å². The number of nitrogens with one attached hydrogen (secondary N) is 1. The van der Waals surface area contributed by atoms with Gasteiger partial charge in [0.25, 0.3) is 5.91 Å². The average Bonchev–Trinajstić information content (AvgIpc) is 3.07. The quantitative estimate of drug-likeness (QED) is 0.904. The topological polar surface area (TPSA) is 58.6 Å². The molecule has 23 heavy (non-hydrogen) atoms. The summed E-state index contributed by atoms with van der Waals surface area (Å²) in [6.07, 6.45) is 1.61. The van der Waals surface area contributed by atoms with Gasteiger partial charge in [-0.2, -0.15) is 11.3 Å². The molecule has 1 aliphatic heterocycles. The number of benzene rings is 1. The van der Waals surface area contributed by atoms with Crippen molar-refractivity contribution in [3.8, 4) is 5.75 Å². The number of carbonyl (C=O) groups is 1. The molecule has 6 heteroatoms. The molecular formula is C17H16FNO3S. The van der Waals surface area contributed by atoms with Crippen LogP contribution in [-0.2, 0) is 10.4 Å². The van der Waals surface area contributed by atoms with E-state index in [1.165, 1.54) is 29.5 Å². The fraction of sp³-hybridized carbons (Fsp3) is 0.235. The first-order chi connectivity index (χ1) is 11.0. The van der Waals surface area contributed by atoms with Crippen molar-refractivity contribution < 1.29 is 19.0 Å². The molecule has 4 nitrogen and oxygen atoms in total. The Balaban J connectivity index is 1.70. The van der Waals surface area contributed by atoms with E-state index in [2.05, 4.69) is 5.32 Å². The third-order valence-corrected chi connectivity index (χ3v) is 4.40. The monoisotopic (exact) mass is 333 g/mol. The number of hydrogen-bond acceptors (Lipinski definition) is 4. The van der Waals surface area contributed by atoms with Gasteiger partial charge in [-0.3, -0.25) is 4.79 Å². The Kier molecular flexibility index (Phi) is 4.19. The van der Waals surface area contributed by atoms with Crippen molar-refractivity contribution in [2.45, 2.75) is 12.5 Å². The molecule has 2 N–H and O–H groups in total. The molecular weight excluding hydrogens is 317 g/mol. The van der Waals surface area contributed by atoms with Crippen LogP contribution < -0.4 is 10.1 Å². The molecule has 2 aromatic rings. The van der Waals surface area contributed by atoms with Crippen LogP contribution >= 0.6 is 11.3 Å². The minimum absolute atomic E-state index is 0.0793. The highest BCUT2D eigenvalue weighted by Crippen LogP contribution is 2.27. The van der Waals surface area contributed by atoms with Gasteiger partial charge in [0.15, 0.2) is 0 Å². The van der Waals surface area contributed by atoms with Crippen molar-refractivity contribution in [3.05, 3.63) is 57.5 Å². The fourth-order valence-electron chi connectivity index (χ4n) is 2.32. The smallest absolute Gasteiger partial charge is 0.250 e. The number of fused-ring (bicyclic) bond motifs is 1. The van der Waals surface area contributed by atoms with Crippen LogP contribution in [0.3, 0.4) is 0 Å². The molecule has 2 heterocycles. The summed E-state index contributed by atoms with van der Waals surface area (Å²) in [5.74, 6) is -0.172. The molecule has 1 aliphatic rings. The molecule has 1 aromatic heterocycles. The highest BCUT2D eigenvalue weighted by Gasteiger charge is 2.25. The van der Waals surface area contributed by atoms with Gasteiger partial charge in [0, 0.05) is 5.56 Å². The van der Waals surface area contributed by atoms with Crippen LogP contribution in [-0.4, -0.2) is 24.2 Å². The largest absolute Gasteiger partial charge is 0.488 e. The first kappa shape index (κ1) is 15.7. The van der Waals surface area contributed by atoms with Gasteiger partial charge < -0.3 is 15.2 Å². The predicted molar refractivity (Wildman–Crippen MR) is 86.8 cm³/mol. The van der Waals surface area contributed by atoms with E-state index in [4.69, 9.17) is 4.74 Å². The summed E-state index contributed by atoms with van der Waals surface area (Å²) in [6, 6.07) is 6.00. The Morgan fingerprint density at radius 1 is 1.48 bits per heavy atom. The second kappa shape index (κ2) is 6.14. The maximum Gasteiger partial charge on any atom is 0.250 e. The van der Waals surface area contributed by atoms with E-state index in [0.717, 1.165) is 5.56 Å². The summed E-state index contributed by atoms with van der Waals surface area (Å²) < 4.78 is 18.7. The van der Waals surface area contributed by atoms with E-state index >= 15 is 0 Å². The number of rotatable bonds is 4. The Bertz CT molecular complexity index is 753. The number of ether oxygens (including phenoxy) is 1. The summed E-state index contributed by atoms with van der Waals surface area (Å²) in [6.45, 7) is 1.84. The van der Waals surface area contributed by atoms with Gasteiger partial charge in [-0.05, 0) is 53.6 Å². The van der Waals surface area contributed by atoms with E-state index in [1.54, 1.807) is 13.0 Å². The lowest BCUT2D eigenvalue weighted by molar-refractivity contribution is -0.119. The molecule has 0 saturated heterocycles. The number of thiophene rings is 1. The first-order valence-electron chi connectivity index (χ1n) is 7.12. The Morgan fingerprint density at radius 2 is 2.30 bits per heavy atom. The number of aliphatic hydroxyl groups is 1. The number of halogens is 1. The van der Waals surface area contributed by atoms with E-state index in [1.807, 2.05) is 16.8 Å². The first-order valence-corrected chi connectivity index (χ1v) is 8.06. The number of hydrogen-bond donors (Lipinski definition) is 2. The molecule has 0 spiro atoms. The molecule has 1 unspecified atom stereocenters. The zero-order chi connectivity index (χ0) is 16.4. The van der Waals surface area contributed by atoms with Crippen molar-refractivity contribution in [3.63, 3.8) is 0 Å². The molecule has 0 saturated carbocycles. The van der Waals surface area contributed by atoms with Gasteiger partial charge in [0.2, 0.25) is 0 Å². The van der Waals surface area contributed by atoms with Gasteiger partial charge in [-0.25, -0.2) is 4.39 Å². The SMILES string of the molecule is CC(O)(CNC(=O)C1=Cc2cc(F)ccc2OC1)c1ccsc1. The lowest BCUT2D eigenvalue weighted by Crippen LogP contribution is -2.39. The molecule has 1 amide bonds. The standard InChI is InChI=1S/C17H16FNO3S/c1-17(21,13-4-5-23-9-13)10-19-16(20)12-6-11-7-14(18)2-3-15(11)22-8-12/h2-7,9,21H,8,10H2,1H3,(H,19,20). The van der Waals surface area contributed by atoms with Gasteiger partial charge >= 0.3 is 0 Å². The molecule has 3 rings (SSSR count). The maximum atomic E-state index is 13.3. The van der Waals surface area contributed by atoms with Crippen LogP contribution in [0.25, 0.3) is 6.08 Å². The zero-order valence-electron chi connectivity index (χ0n) is 12.5. The molecule has 1 atom stereocenters.